The SMILES string of the molecule is C1CCCC(C2CCCC(C3CCCCCCC3)CCC2)CCC1. The van der Waals surface area contributed by atoms with Crippen molar-refractivity contribution in [3.8, 4) is 0 Å². The van der Waals surface area contributed by atoms with Gasteiger partial charge in [0.25, 0.3) is 0 Å². The van der Waals surface area contributed by atoms with Crippen LogP contribution in [0, 0.1) is 23.7 Å². The summed E-state index contributed by atoms with van der Waals surface area (Å²) in [6, 6.07) is 0. The van der Waals surface area contributed by atoms with Crippen LogP contribution < -0.4 is 0 Å². The first kappa shape index (κ1) is 18.8. The Morgan fingerprint density at radius 1 is 0.208 bits per heavy atom. The van der Waals surface area contributed by atoms with Crippen molar-refractivity contribution in [1.29, 1.82) is 0 Å². The molecule has 0 saturated heterocycles. The average molecular weight is 333 g/mol. The molecule has 3 saturated carbocycles. The molecule has 0 radical (unpaired) electrons. The molecule has 0 spiro atoms. The monoisotopic (exact) mass is 332 g/mol. The summed E-state index contributed by atoms with van der Waals surface area (Å²) >= 11 is 0. The normalized spacial score (nSPS) is 33.5. The fourth-order valence-electron chi connectivity index (χ4n) is 6.43. The van der Waals surface area contributed by atoms with Gasteiger partial charge in [0, 0.05) is 0 Å². The highest BCUT2D eigenvalue weighted by Crippen LogP contribution is 2.40. The number of hydrogen-bond donors (Lipinski definition) is 0. The van der Waals surface area contributed by atoms with E-state index in [1.807, 2.05) is 0 Å². The number of hydrogen-bond acceptors (Lipinski definition) is 0. The van der Waals surface area contributed by atoms with Crippen LogP contribution in [0.4, 0.5) is 0 Å². The van der Waals surface area contributed by atoms with Gasteiger partial charge in [-0.05, 0) is 23.7 Å². The van der Waals surface area contributed by atoms with E-state index >= 15 is 0 Å². The molecule has 3 aliphatic rings. The van der Waals surface area contributed by atoms with Gasteiger partial charge in [0.05, 0.1) is 0 Å². The van der Waals surface area contributed by atoms with E-state index < -0.39 is 0 Å². The highest BCUT2D eigenvalue weighted by Gasteiger charge is 2.27. The summed E-state index contributed by atoms with van der Waals surface area (Å²) in [6.45, 7) is 0. The van der Waals surface area contributed by atoms with Gasteiger partial charge < -0.3 is 0 Å². The van der Waals surface area contributed by atoms with Crippen molar-refractivity contribution in [2.24, 2.45) is 23.7 Å². The van der Waals surface area contributed by atoms with Crippen LogP contribution in [0.5, 0.6) is 0 Å². The molecule has 0 aromatic carbocycles. The minimum atomic E-state index is 1.10. The molecule has 3 fully saturated rings. The Kier molecular flexibility index (Phi) is 8.51. The van der Waals surface area contributed by atoms with Crippen molar-refractivity contribution in [2.75, 3.05) is 0 Å². The lowest BCUT2D eigenvalue weighted by atomic mass is 9.71. The van der Waals surface area contributed by atoms with Crippen molar-refractivity contribution < 1.29 is 0 Å². The summed E-state index contributed by atoms with van der Waals surface area (Å²) in [6.07, 6.45) is 30.9. The second-order valence-electron chi connectivity index (χ2n) is 9.59. The van der Waals surface area contributed by atoms with E-state index in [-0.39, 0.29) is 0 Å². The molecule has 0 heterocycles. The Morgan fingerprint density at radius 2 is 0.417 bits per heavy atom. The van der Waals surface area contributed by atoms with Gasteiger partial charge in [-0.25, -0.2) is 0 Å². The van der Waals surface area contributed by atoms with Crippen molar-refractivity contribution in [3.05, 3.63) is 0 Å². The molecular weight excluding hydrogens is 288 g/mol. The van der Waals surface area contributed by atoms with E-state index in [0.29, 0.717) is 0 Å². The van der Waals surface area contributed by atoms with Gasteiger partial charge in [-0.2, -0.15) is 0 Å². The summed E-state index contributed by atoms with van der Waals surface area (Å²) in [7, 11) is 0. The molecular formula is C24H44. The molecule has 140 valence electrons. The first-order valence-electron chi connectivity index (χ1n) is 11.9. The van der Waals surface area contributed by atoms with Crippen LogP contribution in [0.2, 0.25) is 0 Å². The molecule has 0 aromatic rings. The molecule has 0 heteroatoms. The van der Waals surface area contributed by atoms with Gasteiger partial charge in [-0.1, -0.05) is 128 Å². The van der Waals surface area contributed by atoms with Gasteiger partial charge in [0.1, 0.15) is 0 Å². The fourth-order valence-corrected chi connectivity index (χ4v) is 6.43. The zero-order chi connectivity index (χ0) is 16.5. The second-order valence-corrected chi connectivity index (χ2v) is 9.59. The van der Waals surface area contributed by atoms with Crippen LogP contribution in [0.25, 0.3) is 0 Å². The van der Waals surface area contributed by atoms with Crippen molar-refractivity contribution in [1.82, 2.24) is 0 Å². The summed E-state index contributed by atoms with van der Waals surface area (Å²) in [5.74, 6) is 4.40. The molecule has 3 aliphatic carbocycles. The molecule has 24 heavy (non-hydrogen) atoms. The van der Waals surface area contributed by atoms with Gasteiger partial charge in [-0.15, -0.1) is 0 Å². The standard InChI is InChI=1S/C24H44/c1-3-7-13-21(14-8-4-1)23-17-11-19-24(20-12-18-23)22-15-9-5-2-6-10-16-22/h21-24H,1-20H2. The fraction of sp³-hybridized carbons (Fsp3) is 1.00. The van der Waals surface area contributed by atoms with Crippen LogP contribution in [-0.2, 0) is 0 Å². The Balaban J connectivity index is 1.45. The summed E-state index contributed by atoms with van der Waals surface area (Å²) in [4.78, 5) is 0. The Bertz CT molecular complexity index is 264. The van der Waals surface area contributed by atoms with E-state index in [9.17, 15) is 0 Å². The topological polar surface area (TPSA) is 0 Å². The predicted octanol–water partition coefficient (Wildman–Crippen LogP) is 8.29. The third-order valence-corrected chi connectivity index (χ3v) is 7.93. The molecule has 3 rings (SSSR count). The molecule has 0 N–H and O–H groups in total. The van der Waals surface area contributed by atoms with E-state index in [1.165, 1.54) is 64.2 Å². The molecule has 0 nitrogen and oxygen atoms in total. The highest BCUT2D eigenvalue weighted by atomic mass is 14.3. The van der Waals surface area contributed by atoms with Gasteiger partial charge in [-0.3, -0.25) is 0 Å². The van der Waals surface area contributed by atoms with Crippen LogP contribution in [0.1, 0.15) is 128 Å². The molecule has 0 bridgehead atoms. The first-order valence-corrected chi connectivity index (χ1v) is 11.9. The quantitative estimate of drug-likeness (QED) is 0.477. The Labute approximate surface area is 152 Å². The van der Waals surface area contributed by atoms with Crippen molar-refractivity contribution in [2.45, 2.75) is 128 Å². The van der Waals surface area contributed by atoms with Gasteiger partial charge in [0.15, 0.2) is 0 Å². The maximum absolute atomic E-state index is 1.58. The lowest BCUT2D eigenvalue weighted by molar-refractivity contribution is 0.172. The minimum Gasteiger partial charge on any atom is -0.0533 e. The Morgan fingerprint density at radius 3 is 0.708 bits per heavy atom. The van der Waals surface area contributed by atoms with E-state index in [1.54, 1.807) is 64.2 Å². The molecule has 0 aliphatic heterocycles. The van der Waals surface area contributed by atoms with E-state index in [4.69, 9.17) is 0 Å². The van der Waals surface area contributed by atoms with Crippen LogP contribution in [0.15, 0.2) is 0 Å². The zero-order valence-corrected chi connectivity index (χ0v) is 16.5. The molecule has 0 aromatic heterocycles. The third kappa shape index (κ3) is 6.06. The maximum Gasteiger partial charge on any atom is -0.0386 e. The van der Waals surface area contributed by atoms with Crippen LogP contribution in [0.3, 0.4) is 0 Å². The van der Waals surface area contributed by atoms with E-state index in [2.05, 4.69) is 0 Å². The number of rotatable bonds is 2. The highest BCUT2D eigenvalue weighted by molar-refractivity contribution is 4.79. The second kappa shape index (κ2) is 10.9. The predicted molar refractivity (Wildman–Crippen MR) is 106 cm³/mol. The smallest absolute Gasteiger partial charge is 0.0386 e. The minimum absolute atomic E-state index is 1.10. The largest absolute Gasteiger partial charge is 0.0533 e. The summed E-state index contributed by atoms with van der Waals surface area (Å²) in [5, 5.41) is 0. The van der Waals surface area contributed by atoms with E-state index in [0.717, 1.165) is 23.7 Å². The van der Waals surface area contributed by atoms with Gasteiger partial charge >= 0.3 is 0 Å². The molecule has 0 amide bonds. The lowest BCUT2D eigenvalue weighted by Gasteiger charge is -2.34. The summed E-state index contributed by atoms with van der Waals surface area (Å²) < 4.78 is 0. The maximum atomic E-state index is 1.58. The van der Waals surface area contributed by atoms with Crippen molar-refractivity contribution in [3.63, 3.8) is 0 Å². The van der Waals surface area contributed by atoms with Crippen molar-refractivity contribution >= 4 is 0 Å². The first-order chi connectivity index (χ1) is 11.9. The van der Waals surface area contributed by atoms with Gasteiger partial charge in [0.2, 0.25) is 0 Å². The average Bonchev–Trinajstić information content (AvgIpc) is 2.48. The zero-order valence-electron chi connectivity index (χ0n) is 16.5. The molecule has 0 atom stereocenters. The lowest BCUT2D eigenvalue weighted by Crippen LogP contribution is -2.22. The summed E-state index contributed by atoms with van der Waals surface area (Å²) in [5.41, 5.74) is 0. The van der Waals surface area contributed by atoms with Crippen LogP contribution >= 0.6 is 0 Å². The van der Waals surface area contributed by atoms with Crippen LogP contribution in [-0.4, -0.2) is 0 Å². The molecule has 0 unspecified atom stereocenters. The Hall–Kier alpha value is 0. The third-order valence-electron chi connectivity index (χ3n) is 7.93.